The van der Waals surface area contributed by atoms with Crippen molar-refractivity contribution in [3.8, 4) is 0 Å². The Morgan fingerprint density at radius 2 is 0.979 bits per heavy atom. The molecule has 4 aromatic rings. The van der Waals surface area contributed by atoms with Crippen molar-refractivity contribution in [2.75, 3.05) is 23.8 Å². The molecule has 1 saturated heterocycles. The fourth-order valence-electron chi connectivity index (χ4n) is 5.05. The van der Waals surface area contributed by atoms with Crippen LogP contribution in [-0.4, -0.2) is 43.1 Å². The Labute approximate surface area is 293 Å². The second kappa shape index (κ2) is 15.6. The molecule has 2 N–H and O–H groups in total. The molecule has 0 radical (unpaired) electrons. The highest BCUT2D eigenvalue weighted by molar-refractivity contribution is 6.39. The maximum atomic E-state index is 12.9. The molecule has 1 heterocycles. The number of halogens is 4. The van der Waals surface area contributed by atoms with Gasteiger partial charge in [0.15, 0.2) is 5.79 Å². The molecule has 47 heavy (non-hydrogen) atoms. The van der Waals surface area contributed by atoms with Crippen molar-refractivity contribution in [1.29, 1.82) is 0 Å². The second-order valence-electron chi connectivity index (χ2n) is 11.2. The molecule has 2 atom stereocenters. The van der Waals surface area contributed by atoms with Crippen LogP contribution in [0.2, 0.25) is 20.1 Å². The van der Waals surface area contributed by atoms with E-state index in [0.717, 1.165) is 0 Å². The Kier molecular flexibility index (Phi) is 11.6. The van der Waals surface area contributed by atoms with Gasteiger partial charge in [-0.1, -0.05) is 94.9 Å². The lowest BCUT2D eigenvalue weighted by molar-refractivity contribution is -0.163. The minimum atomic E-state index is -0.969. The van der Waals surface area contributed by atoms with Gasteiger partial charge in [0.25, 0.3) is 0 Å². The molecule has 0 saturated carbocycles. The van der Waals surface area contributed by atoms with Gasteiger partial charge in [-0.05, 0) is 61.4 Å². The first-order chi connectivity index (χ1) is 22.5. The van der Waals surface area contributed by atoms with Crippen molar-refractivity contribution in [1.82, 2.24) is 0 Å². The minimum Gasteiger partial charge on any atom is -0.463 e. The highest BCUT2D eigenvalue weighted by Gasteiger charge is 2.42. The van der Waals surface area contributed by atoms with E-state index < -0.39 is 29.9 Å². The van der Waals surface area contributed by atoms with Gasteiger partial charge < -0.3 is 29.6 Å². The van der Waals surface area contributed by atoms with Crippen molar-refractivity contribution < 1.29 is 28.5 Å². The highest BCUT2D eigenvalue weighted by atomic mass is 35.5. The van der Waals surface area contributed by atoms with Crippen LogP contribution in [0.1, 0.15) is 25.0 Å². The first kappa shape index (κ1) is 34.8. The third kappa shape index (κ3) is 9.32. The summed E-state index contributed by atoms with van der Waals surface area (Å²) in [4.78, 5) is 25.9. The molecule has 0 aliphatic carbocycles. The first-order valence-electron chi connectivity index (χ1n) is 14.7. The van der Waals surface area contributed by atoms with Crippen molar-refractivity contribution in [2.24, 2.45) is 0 Å². The van der Waals surface area contributed by atoms with E-state index in [2.05, 4.69) is 10.6 Å². The lowest BCUT2D eigenvalue weighted by Crippen LogP contribution is -2.33. The lowest BCUT2D eigenvalue weighted by atomic mass is 10.1. The summed E-state index contributed by atoms with van der Waals surface area (Å²) in [5.41, 5.74) is 3.79. The van der Waals surface area contributed by atoms with E-state index in [1.165, 1.54) is 0 Å². The average molecular weight is 718 g/mol. The monoisotopic (exact) mass is 716 g/mol. The van der Waals surface area contributed by atoms with Gasteiger partial charge in [0.05, 0.1) is 44.3 Å². The van der Waals surface area contributed by atoms with E-state index in [0.29, 0.717) is 54.0 Å². The quantitative estimate of drug-likeness (QED) is 0.140. The predicted octanol–water partition coefficient (Wildman–Crippen LogP) is 9.18. The largest absolute Gasteiger partial charge is 0.463 e. The van der Waals surface area contributed by atoms with Gasteiger partial charge in [-0.2, -0.15) is 0 Å². The predicted molar refractivity (Wildman–Crippen MR) is 186 cm³/mol. The van der Waals surface area contributed by atoms with Gasteiger partial charge in [-0.25, -0.2) is 0 Å². The van der Waals surface area contributed by atoms with E-state index in [1.54, 1.807) is 50.2 Å². The molecule has 1 fully saturated rings. The van der Waals surface area contributed by atoms with Crippen LogP contribution >= 0.6 is 46.4 Å². The summed E-state index contributed by atoms with van der Waals surface area (Å²) in [6.07, 6.45) is -1.36. The Balaban J connectivity index is 1.16. The number of esters is 2. The van der Waals surface area contributed by atoms with Crippen molar-refractivity contribution in [3.63, 3.8) is 0 Å². The number of hydrogen-bond acceptors (Lipinski definition) is 8. The molecule has 0 unspecified atom stereocenters. The fraction of sp³-hybridized carbons (Fsp3) is 0.257. The SMILES string of the molecule is CC1(C)O[C@@H](COC(=O)Cc2ccccc2Nc2c(Cl)cccc2Cl)[C@@H](COC(=O)Cc2ccccc2Nc2c(Cl)cccc2Cl)O1. The van der Waals surface area contributed by atoms with Gasteiger partial charge >= 0.3 is 11.9 Å². The summed E-state index contributed by atoms with van der Waals surface area (Å²) in [6, 6.07) is 25.0. The van der Waals surface area contributed by atoms with Crippen LogP contribution in [0.25, 0.3) is 0 Å². The van der Waals surface area contributed by atoms with E-state index in [4.69, 9.17) is 65.4 Å². The zero-order valence-corrected chi connectivity index (χ0v) is 28.6. The summed E-state index contributed by atoms with van der Waals surface area (Å²) in [5.74, 6) is -1.92. The van der Waals surface area contributed by atoms with Gasteiger partial charge in [0, 0.05) is 11.4 Å². The number of ether oxygens (including phenoxy) is 4. The van der Waals surface area contributed by atoms with E-state index in [-0.39, 0.29) is 26.1 Å². The van der Waals surface area contributed by atoms with Gasteiger partial charge in [-0.3, -0.25) is 9.59 Å². The van der Waals surface area contributed by atoms with Crippen molar-refractivity contribution in [3.05, 3.63) is 116 Å². The maximum absolute atomic E-state index is 12.9. The summed E-state index contributed by atoms with van der Waals surface area (Å²) in [5, 5.41) is 8.23. The Bertz CT molecular complexity index is 1590. The molecule has 12 heteroatoms. The molecule has 4 aromatic carbocycles. The molecular weight excluding hydrogens is 686 g/mol. The molecule has 0 amide bonds. The third-order valence-electron chi connectivity index (χ3n) is 7.25. The molecule has 0 aromatic heterocycles. The van der Waals surface area contributed by atoms with Crippen molar-refractivity contribution >= 4 is 81.1 Å². The summed E-state index contributed by atoms with van der Waals surface area (Å²) < 4.78 is 23.2. The van der Waals surface area contributed by atoms with Crippen LogP contribution in [0, 0.1) is 0 Å². The van der Waals surface area contributed by atoms with Gasteiger partial charge in [0.1, 0.15) is 25.4 Å². The zero-order valence-electron chi connectivity index (χ0n) is 25.5. The van der Waals surface area contributed by atoms with E-state index in [1.807, 2.05) is 48.5 Å². The van der Waals surface area contributed by atoms with Crippen LogP contribution in [0.5, 0.6) is 0 Å². The minimum absolute atomic E-state index is 0.0191. The number of hydrogen-bond donors (Lipinski definition) is 2. The van der Waals surface area contributed by atoms with Crippen LogP contribution in [0.4, 0.5) is 22.7 Å². The van der Waals surface area contributed by atoms with Crippen LogP contribution in [-0.2, 0) is 41.4 Å². The number of anilines is 4. The molecule has 5 rings (SSSR count). The topological polar surface area (TPSA) is 95.1 Å². The number of para-hydroxylation sites is 4. The van der Waals surface area contributed by atoms with Gasteiger partial charge in [-0.15, -0.1) is 0 Å². The maximum Gasteiger partial charge on any atom is 0.310 e. The molecule has 0 bridgehead atoms. The number of benzene rings is 4. The number of nitrogens with one attached hydrogen (secondary N) is 2. The standard InChI is InChI=1S/C35H32Cl4N2O6/c1-35(2)46-29(19-44-31(42)17-21-9-3-5-15-27(21)40-33-23(36)11-7-12-24(33)37)30(47-35)20-45-32(43)18-22-10-4-6-16-28(22)41-34-25(38)13-8-14-26(34)39/h3-16,29-30,40-41H,17-20H2,1-2H3/t29-,30+. The number of rotatable bonds is 12. The normalized spacial score (nSPS) is 16.8. The average Bonchev–Trinajstić information content (AvgIpc) is 3.33. The van der Waals surface area contributed by atoms with Gasteiger partial charge in [0.2, 0.25) is 0 Å². The fourth-order valence-corrected chi connectivity index (χ4v) is 6.04. The van der Waals surface area contributed by atoms with Crippen LogP contribution < -0.4 is 10.6 Å². The Morgan fingerprint density at radius 3 is 1.36 bits per heavy atom. The summed E-state index contributed by atoms with van der Waals surface area (Å²) in [7, 11) is 0. The van der Waals surface area contributed by atoms with E-state index >= 15 is 0 Å². The molecule has 1 aliphatic heterocycles. The smallest absolute Gasteiger partial charge is 0.310 e. The molecule has 246 valence electrons. The third-order valence-corrected chi connectivity index (χ3v) is 8.51. The molecule has 0 spiro atoms. The highest BCUT2D eigenvalue weighted by Crippen LogP contribution is 2.35. The van der Waals surface area contributed by atoms with Crippen LogP contribution in [0.3, 0.4) is 0 Å². The molecule has 1 aliphatic rings. The molecule has 8 nitrogen and oxygen atoms in total. The Morgan fingerprint density at radius 1 is 0.617 bits per heavy atom. The molecular formula is C35H32Cl4N2O6. The van der Waals surface area contributed by atoms with Crippen LogP contribution in [0.15, 0.2) is 84.9 Å². The first-order valence-corrected chi connectivity index (χ1v) is 16.2. The summed E-state index contributed by atoms with van der Waals surface area (Å²) >= 11 is 25.3. The lowest BCUT2D eigenvalue weighted by Gasteiger charge is -2.18. The number of carbonyl (C=O) groups is 2. The van der Waals surface area contributed by atoms with Crippen molar-refractivity contribution in [2.45, 2.75) is 44.7 Å². The summed E-state index contributed by atoms with van der Waals surface area (Å²) in [6.45, 7) is 3.30. The van der Waals surface area contributed by atoms with E-state index in [9.17, 15) is 9.59 Å². The second-order valence-corrected chi connectivity index (χ2v) is 12.8. The zero-order chi connectivity index (χ0) is 33.6. The number of carbonyl (C=O) groups excluding carboxylic acids is 2. The Hall–Kier alpha value is -3.50.